The largest absolute Gasteiger partial charge is 0.492 e. The first-order valence-electron chi connectivity index (χ1n) is 11.5. The van der Waals surface area contributed by atoms with Gasteiger partial charge in [0.2, 0.25) is 5.91 Å². The van der Waals surface area contributed by atoms with Gasteiger partial charge in [-0.25, -0.2) is 9.18 Å². The Labute approximate surface area is 191 Å². The lowest BCUT2D eigenvalue weighted by atomic mass is 9.90. The van der Waals surface area contributed by atoms with E-state index in [1.807, 2.05) is 35.8 Å². The van der Waals surface area contributed by atoms with Crippen molar-refractivity contribution in [3.63, 3.8) is 0 Å². The van der Waals surface area contributed by atoms with Crippen LogP contribution in [0.3, 0.4) is 0 Å². The highest BCUT2D eigenvalue weighted by molar-refractivity contribution is 5.88. The Morgan fingerprint density at radius 2 is 2.06 bits per heavy atom. The topological polar surface area (TPSA) is 80.6 Å². The zero-order valence-electron chi connectivity index (χ0n) is 18.5. The van der Waals surface area contributed by atoms with Gasteiger partial charge in [-0.2, -0.15) is 0 Å². The number of carbonyl (C=O) groups excluding carboxylic acids is 1. The number of hydrogen-bond donors (Lipinski definition) is 2. The maximum Gasteiger partial charge on any atom is 0.326 e. The second-order valence-electron chi connectivity index (χ2n) is 8.99. The number of fused-ring (bicyclic) bond motifs is 4. The number of benzene rings is 2. The summed E-state index contributed by atoms with van der Waals surface area (Å²) in [6, 6.07) is 11.5. The van der Waals surface area contributed by atoms with E-state index >= 15 is 0 Å². The quantitative estimate of drug-likeness (QED) is 0.615. The molecule has 1 aromatic heterocycles. The summed E-state index contributed by atoms with van der Waals surface area (Å²) in [6.07, 6.45) is 2.96. The Morgan fingerprint density at radius 3 is 2.85 bits per heavy atom. The van der Waals surface area contributed by atoms with Crippen molar-refractivity contribution in [3.05, 3.63) is 65.1 Å². The second kappa shape index (κ2) is 8.54. The highest BCUT2D eigenvalue weighted by atomic mass is 19.1. The van der Waals surface area contributed by atoms with Crippen LogP contribution in [0.1, 0.15) is 42.6 Å². The second-order valence-corrected chi connectivity index (χ2v) is 8.99. The molecule has 0 spiro atoms. The molecule has 6 nitrogen and oxygen atoms in total. The highest BCUT2D eigenvalue weighted by Crippen LogP contribution is 2.36. The highest BCUT2D eigenvalue weighted by Gasteiger charge is 2.33. The van der Waals surface area contributed by atoms with Crippen LogP contribution in [0.5, 0.6) is 5.75 Å². The predicted molar refractivity (Wildman–Crippen MR) is 122 cm³/mol. The number of rotatable bonds is 5. The van der Waals surface area contributed by atoms with Crippen LogP contribution >= 0.6 is 0 Å². The molecule has 2 aromatic carbocycles. The Hall–Kier alpha value is -3.35. The van der Waals surface area contributed by atoms with Gasteiger partial charge < -0.3 is 19.7 Å². The summed E-state index contributed by atoms with van der Waals surface area (Å²) in [6.45, 7) is 2.19. The average Bonchev–Trinajstić information content (AvgIpc) is 3.12. The van der Waals surface area contributed by atoms with Crippen molar-refractivity contribution in [1.29, 1.82) is 0 Å². The standard InChI is InChI=1S/C26H27FN2O4/c1-2-21(26(31)32)29-22-9-7-17(27)12-19(22)20-13-18(8-10-23(20)29)28-25(30)16-11-15-5-3-4-6-24(15)33-14-16/h3-7,9,12,16,18,21H,2,8,10-11,13-14H2,1H3,(H,28,30)(H,31,32)/t16?,18-,21?/m0/s1. The normalized spacial score (nSPS) is 20.4. The number of para-hydroxylation sites is 1. The molecule has 0 radical (unpaired) electrons. The third-order valence-corrected chi connectivity index (χ3v) is 6.94. The number of aromatic nitrogens is 1. The lowest BCUT2D eigenvalue weighted by molar-refractivity contribution is -0.141. The molecule has 0 saturated heterocycles. The van der Waals surface area contributed by atoms with E-state index in [2.05, 4.69) is 5.32 Å². The Kier molecular flexibility index (Phi) is 5.56. The molecule has 2 heterocycles. The van der Waals surface area contributed by atoms with Crippen molar-refractivity contribution >= 4 is 22.8 Å². The van der Waals surface area contributed by atoms with Gasteiger partial charge in [-0.3, -0.25) is 4.79 Å². The Bertz CT molecular complexity index is 1230. The molecule has 33 heavy (non-hydrogen) atoms. The van der Waals surface area contributed by atoms with Gasteiger partial charge >= 0.3 is 5.97 Å². The summed E-state index contributed by atoms with van der Waals surface area (Å²) in [5.41, 5.74) is 3.64. The molecule has 5 rings (SSSR count). The van der Waals surface area contributed by atoms with Crippen LogP contribution in [0, 0.1) is 11.7 Å². The van der Waals surface area contributed by atoms with Crippen molar-refractivity contribution in [1.82, 2.24) is 9.88 Å². The van der Waals surface area contributed by atoms with Crippen molar-refractivity contribution in [2.75, 3.05) is 6.61 Å². The van der Waals surface area contributed by atoms with E-state index in [0.717, 1.165) is 33.5 Å². The summed E-state index contributed by atoms with van der Waals surface area (Å²) >= 11 is 0. The van der Waals surface area contributed by atoms with E-state index in [9.17, 15) is 19.1 Å². The molecule has 0 saturated carbocycles. The lowest BCUT2D eigenvalue weighted by Crippen LogP contribution is -2.45. The number of carboxylic acid groups (broad SMARTS) is 1. The SMILES string of the molecule is CCC(C(=O)O)n1c2c(c3cc(F)ccc31)C[C@@H](NC(=O)C1COc3ccccc3C1)CC2. The van der Waals surface area contributed by atoms with E-state index in [4.69, 9.17) is 4.74 Å². The fourth-order valence-corrected chi connectivity index (χ4v) is 5.33. The fourth-order valence-electron chi connectivity index (χ4n) is 5.33. The minimum absolute atomic E-state index is 0.0372. The van der Waals surface area contributed by atoms with Crippen LogP contribution in [0.2, 0.25) is 0 Å². The smallest absolute Gasteiger partial charge is 0.326 e. The van der Waals surface area contributed by atoms with E-state index < -0.39 is 12.0 Å². The number of aliphatic carboxylic acids is 1. The van der Waals surface area contributed by atoms with Crippen molar-refractivity contribution in [2.24, 2.45) is 5.92 Å². The van der Waals surface area contributed by atoms with E-state index in [1.165, 1.54) is 12.1 Å². The van der Waals surface area contributed by atoms with Gasteiger partial charge in [0.15, 0.2) is 0 Å². The van der Waals surface area contributed by atoms with Gasteiger partial charge in [0.05, 0.1) is 5.92 Å². The van der Waals surface area contributed by atoms with Crippen LogP contribution < -0.4 is 10.1 Å². The van der Waals surface area contributed by atoms with Crippen LogP contribution in [0.25, 0.3) is 10.9 Å². The fraction of sp³-hybridized carbons (Fsp3) is 0.385. The predicted octanol–water partition coefficient (Wildman–Crippen LogP) is 4.04. The number of ether oxygens (including phenoxy) is 1. The maximum absolute atomic E-state index is 14.1. The first-order valence-corrected chi connectivity index (χ1v) is 11.5. The molecule has 0 bridgehead atoms. The molecule has 1 aliphatic heterocycles. The zero-order valence-corrected chi connectivity index (χ0v) is 18.5. The third kappa shape index (κ3) is 3.86. The molecule has 2 N–H and O–H groups in total. The van der Waals surface area contributed by atoms with Crippen molar-refractivity contribution in [3.8, 4) is 5.75 Å². The summed E-state index contributed by atoms with van der Waals surface area (Å²) in [5, 5.41) is 13.7. The Morgan fingerprint density at radius 1 is 1.24 bits per heavy atom. The van der Waals surface area contributed by atoms with Gasteiger partial charge in [-0.15, -0.1) is 0 Å². The lowest BCUT2D eigenvalue weighted by Gasteiger charge is -2.29. The molecule has 2 unspecified atom stereocenters. The monoisotopic (exact) mass is 450 g/mol. The number of carbonyl (C=O) groups is 2. The molecule has 2 aliphatic rings. The molecular formula is C26H27FN2O4. The molecular weight excluding hydrogens is 423 g/mol. The number of amides is 1. The van der Waals surface area contributed by atoms with Crippen LogP contribution in [-0.4, -0.2) is 34.2 Å². The van der Waals surface area contributed by atoms with Crippen LogP contribution in [-0.2, 0) is 28.9 Å². The summed E-state index contributed by atoms with van der Waals surface area (Å²) in [5.74, 6) is -0.700. The minimum atomic E-state index is -0.894. The molecule has 1 amide bonds. The first-order chi connectivity index (χ1) is 16.0. The number of carboxylic acids is 1. The van der Waals surface area contributed by atoms with E-state index in [0.29, 0.717) is 38.7 Å². The number of nitrogens with zero attached hydrogens (tertiary/aromatic N) is 1. The van der Waals surface area contributed by atoms with Gasteiger partial charge in [0, 0.05) is 22.6 Å². The number of hydrogen-bond acceptors (Lipinski definition) is 3. The van der Waals surface area contributed by atoms with Crippen molar-refractivity contribution < 1.29 is 23.8 Å². The van der Waals surface area contributed by atoms with E-state index in [1.54, 1.807) is 6.07 Å². The summed E-state index contributed by atoms with van der Waals surface area (Å²) in [4.78, 5) is 25.0. The van der Waals surface area contributed by atoms with Gasteiger partial charge in [-0.05, 0) is 67.5 Å². The molecule has 3 aromatic rings. The summed E-state index contributed by atoms with van der Waals surface area (Å²) < 4.78 is 21.8. The van der Waals surface area contributed by atoms with Gasteiger partial charge in [0.25, 0.3) is 0 Å². The first kappa shape index (κ1) is 21.5. The number of nitrogens with one attached hydrogen (secondary N) is 1. The third-order valence-electron chi connectivity index (χ3n) is 6.94. The zero-order chi connectivity index (χ0) is 23.1. The Balaban J connectivity index is 1.40. The van der Waals surface area contributed by atoms with Gasteiger partial charge in [-0.1, -0.05) is 25.1 Å². The summed E-state index contributed by atoms with van der Waals surface area (Å²) in [7, 11) is 0. The van der Waals surface area contributed by atoms with Gasteiger partial charge in [0.1, 0.15) is 24.2 Å². The van der Waals surface area contributed by atoms with Crippen LogP contribution in [0.4, 0.5) is 4.39 Å². The van der Waals surface area contributed by atoms with Crippen molar-refractivity contribution in [2.45, 2.75) is 51.1 Å². The molecule has 3 atom stereocenters. The minimum Gasteiger partial charge on any atom is -0.492 e. The molecule has 0 fully saturated rings. The number of halogens is 1. The molecule has 7 heteroatoms. The molecule has 1 aliphatic carbocycles. The average molecular weight is 451 g/mol. The van der Waals surface area contributed by atoms with Crippen LogP contribution in [0.15, 0.2) is 42.5 Å². The maximum atomic E-state index is 14.1. The van der Waals surface area contributed by atoms with E-state index in [-0.39, 0.29) is 23.7 Å². The molecule has 172 valence electrons.